The van der Waals surface area contributed by atoms with Gasteiger partial charge in [-0.2, -0.15) is 0 Å². The number of benzene rings is 2. The number of hydrogen-bond donors (Lipinski definition) is 0. The molecule has 0 spiro atoms. The van der Waals surface area contributed by atoms with Crippen LogP contribution in [0.4, 0.5) is 0 Å². The lowest BCUT2D eigenvalue weighted by molar-refractivity contribution is 0.0591. The number of rotatable bonds is 5. The Morgan fingerprint density at radius 1 is 0.875 bits per heavy atom. The Morgan fingerprint density at radius 2 is 1.54 bits per heavy atom. The second kappa shape index (κ2) is 8.44. The van der Waals surface area contributed by atoms with E-state index in [1.165, 1.54) is 14.2 Å². The van der Waals surface area contributed by atoms with Crippen LogP contribution in [-0.4, -0.2) is 26.2 Å². The number of halogens is 2. The minimum Gasteiger partial charge on any atom is -0.465 e. The Balaban J connectivity index is 2.65. The molecule has 4 nitrogen and oxygen atoms in total. The number of methoxy groups -OCH3 is 2. The standard InChI is InChI=1S/C18H16Br2O4/c1-23-17(21)12-3-4-13(10-20)16(8-12)14-5-11(9-19)6-15(7-14)18(22)24-2/h3-8H,9-10H2,1-2H3. The van der Waals surface area contributed by atoms with Gasteiger partial charge < -0.3 is 9.47 Å². The summed E-state index contributed by atoms with van der Waals surface area (Å²) in [6.07, 6.45) is 0. The quantitative estimate of drug-likeness (QED) is 0.483. The molecule has 2 aromatic rings. The molecule has 2 rings (SSSR count). The van der Waals surface area contributed by atoms with Crippen LogP contribution in [0.3, 0.4) is 0 Å². The Labute approximate surface area is 157 Å². The van der Waals surface area contributed by atoms with Crippen molar-refractivity contribution in [3.63, 3.8) is 0 Å². The van der Waals surface area contributed by atoms with E-state index in [0.29, 0.717) is 21.8 Å². The summed E-state index contributed by atoms with van der Waals surface area (Å²) in [6.45, 7) is 0. The summed E-state index contributed by atoms with van der Waals surface area (Å²) < 4.78 is 9.62. The molecule has 0 aliphatic carbocycles. The van der Waals surface area contributed by atoms with Crippen molar-refractivity contribution < 1.29 is 19.1 Å². The van der Waals surface area contributed by atoms with Crippen LogP contribution >= 0.6 is 31.9 Å². The molecule has 24 heavy (non-hydrogen) atoms. The molecule has 0 radical (unpaired) electrons. The molecule has 0 aliphatic rings. The van der Waals surface area contributed by atoms with Crippen LogP contribution < -0.4 is 0 Å². The highest BCUT2D eigenvalue weighted by molar-refractivity contribution is 9.08. The van der Waals surface area contributed by atoms with Crippen molar-refractivity contribution >= 4 is 43.8 Å². The highest BCUT2D eigenvalue weighted by Gasteiger charge is 2.14. The van der Waals surface area contributed by atoms with E-state index < -0.39 is 11.9 Å². The van der Waals surface area contributed by atoms with E-state index in [1.54, 1.807) is 24.3 Å². The zero-order valence-corrected chi connectivity index (χ0v) is 16.4. The molecule has 0 amide bonds. The van der Waals surface area contributed by atoms with Crippen molar-refractivity contribution in [1.29, 1.82) is 0 Å². The van der Waals surface area contributed by atoms with Crippen LogP contribution in [0, 0.1) is 0 Å². The van der Waals surface area contributed by atoms with Gasteiger partial charge in [-0.3, -0.25) is 0 Å². The van der Waals surface area contributed by atoms with Gasteiger partial charge in [-0.1, -0.05) is 44.0 Å². The normalized spacial score (nSPS) is 10.3. The second-order valence-electron chi connectivity index (χ2n) is 5.04. The zero-order valence-electron chi connectivity index (χ0n) is 13.3. The van der Waals surface area contributed by atoms with E-state index in [2.05, 4.69) is 31.9 Å². The van der Waals surface area contributed by atoms with Crippen LogP contribution in [0.5, 0.6) is 0 Å². The lowest BCUT2D eigenvalue weighted by atomic mass is 9.95. The number of carbonyl (C=O) groups is 2. The maximum Gasteiger partial charge on any atom is 0.337 e. The van der Waals surface area contributed by atoms with Gasteiger partial charge in [0.2, 0.25) is 0 Å². The van der Waals surface area contributed by atoms with Crippen LogP contribution in [0.1, 0.15) is 31.8 Å². The highest BCUT2D eigenvalue weighted by atomic mass is 79.9. The van der Waals surface area contributed by atoms with Crippen molar-refractivity contribution in [1.82, 2.24) is 0 Å². The molecule has 6 heteroatoms. The molecule has 0 N–H and O–H groups in total. The molecule has 0 saturated carbocycles. The van der Waals surface area contributed by atoms with Gasteiger partial charge in [0.05, 0.1) is 25.3 Å². The van der Waals surface area contributed by atoms with Crippen LogP contribution in [0.25, 0.3) is 11.1 Å². The van der Waals surface area contributed by atoms with E-state index in [0.717, 1.165) is 22.3 Å². The molecule has 126 valence electrons. The number of carbonyl (C=O) groups excluding carboxylic acids is 2. The topological polar surface area (TPSA) is 52.6 Å². The summed E-state index contributed by atoms with van der Waals surface area (Å²) in [5, 5.41) is 1.22. The second-order valence-corrected chi connectivity index (χ2v) is 6.16. The smallest absolute Gasteiger partial charge is 0.337 e. The number of ether oxygens (including phenoxy) is 2. The van der Waals surface area contributed by atoms with Crippen molar-refractivity contribution in [3.8, 4) is 11.1 Å². The van der Waals surface area contributed by atoms with Gasteiger partial charge >= 0.3 is 11.9 Å². The first kappa shape index (κ1) is 18.7. The molecule has 0 aromatic heterocycles. The lowest BCUT2D eigenvalue weighted by Crippen LogP contribution is -2.04. The van der Waals surface area contributed by atoms with Gasteiger partial charge in [0.25, 0.3) is 0 Å². The number of alkyl halides is 2. The molecule has 0 atom stereocenters. The molecule has 0 saturated heterocycles. The Morgan fingerprint density at radius 3 is 2.12 bits per heavy atom. The van der Waals surface area contributed by atoms with Crippen LogP contribution in [0.2, 0.25) is 0 Å². The van der Waals surface area contributed by atoms with Gasteiger partial charge in [0.1, 0.15) is 0 Å². The first-order valence-electron chi connectivity index (χ1n) is 7.09. The van der Waals surface area contributed by atoms with Gasteiger partial charge in [-0.05, 0) is 46.5 Å². The Bertz CT molecular complexity index is 772. The highest BCUT2D eigenvalue weighted by Crippen LogP contribution is 2.30. The molecular formula is C18H16Br2O4. The van der Waals surface area contributed by atoms with Gasteiger partial charge in [-0.15, -0.1) is 0 Å². The van der Waals surface area contributed by atoms with Gasteiger partial charge in [0.15, 0.2) is 0 Å². The van der Waals surface area contributed by atoms with E-state index in [4.69, 9.17) is 9.47 Å². The summed E-state index contributed by atoms with van der Waals surface area (Å²) in [5.74, 6) is -0.800. The third-order valence-corrected chi connectivity index (χ3v) is 4.81. The fourth-order valence-corrected chi connectivity index (χ4v) is 3.18. The van der Waals surface area contributed by atoms with Gasteiger partial charge in [0, 0.05) is 10.7 Å². The first-order valence-corrected chi connectivity index (χ1v) is 9.34. The minimum atomic E-state index is -0.401. The molecule has 0 heterocycles. The van der Waals surface area contributed by atoms with E-state index in [1.807, 2.05) is 12.1 Å². The summed E-state index contributed by atoms with van der Waals surface area (Å²) in [5.41, 5.74) is 4.58. The average molecular weight is 456 g/mol. The largest absolute Gasteiger partial charge is 0.465 e. The first-order chi connectivity index (χ1) is 11.5. The molecule has 2 aromatic carbocycles. The maximum absolute atomic E-state index is 11.9. The number of hydrogen-bond acceptors (Lipinski definition) is 4. The molecular weight excluding hydrogens is 440 g/mol. The van der Waals surface area contributed by atoms with E-state index in [-0.39, 0.29) is 0 Å². The summed E-state index contributed by atoms with van der Waals surface area (Å²) in [4.78, 5) is 23.7. The molecule has 0 aliphatic heterocycles. The summed E-state index contributed by atoms with van der Waals surface area (Å²) in [6, 6.07) is 10.9. The van der Waals surface area contributed by atoms with Crippen LogP contribution in [0.15, 0.2) is 36.4 Å². The zero-order chi connectivity index (χ0) is 17.7. The molecule has 0 bridgehead atoms. The summed E-state index contributed by atoms with van der Waals surface area (Å²) >= 11 is 6.88. The predicted octanol–water partition coefficient (Wildman–Crippen LogP) is 4.72. The molecule has 0 unspecified atom stereocenters. The fraction of sp³-hybridized carbons (Fsp3) is 0.222. The minimum absolute atomic E-state index is 0.399. The van der Waals surface area contributed by atoms with Crippen molar-refractivity contribution in [3.05, 3.63) is 58.7 Å². The fourth-order valence-electron chi connectivity index (χ4n) is 2.37. The Hall–Kier alpha value is -1.66. The SMILES string of the molecule is COC(=O)c1cc(CBr)cc(-c2cc(C(=O)OC)ccc2CBr)c1. The van der Waals surface area contributed by atoms with E-state index >= 15 is 0 Å². The van der Waals surface area contributed by atoms with Crippen LogP contribution in [-0.2, 0) is 20.1 Å². The average Bonchev–Trinajstić information content (AvgIpc) is 2.65. The van der Waals surface area contributed by atoms with E-state index in [9.17, 15) is 9.59 Å². The third-order valence-electron chi connectivity index (χ3n) is 3.55. The monoisotopic (exact) mass is 454 g/mol. The van der Waals surface area contributed by atoms with Gasteiger partial charge in [-0.25, -0.2) is 9.59 Å². The van der Waals surface area contributed by atoms with Crippen molar-refractivity contribution in [2.24, 2.45) is 0 Å². The Kier molecular flexibility index (Phi) is 6.57. The van der Waals surface area contributed by atoms with Crippen molar-refractivity contribution in [2.75, 3.05) is 14.2 Å². The van der Waals surface area contributed by atoms with Crippen molar-refractivity contribution in [2.45, 2.75) is 10.7 Å². The number of esters is 2. The maximum atomic E-state index is 11.9. The summed E-state index contributed by atoms with van der Waals surface area (Å²) in [7, 11) is 2.70. The predicted molar refractivity (Wildman–Crippen MR) is 99.8 cm³/mol. The lowest BCUT2D eigenvalue weighted by Gasteiger charge is -2.12. The third kappa shape index (κ3) is 4.05. The molecule has 0 fully saturated rings.